The molecule has 86 heavy (non-hydrogen) atoms. The molecule has 0 saturated carbocycles. The molecule has 0 aliphatic carbocycles. The van der Waals surface area contributed by atoms with Crippen molar-refractivity contribution in [1.29, 1.82) is 0 Å². The Morgan fingerprint density at radius 2 is 0.128 bits per heavy atom. The summed E-state index contributed by atoms with van der Waals surface area (Å²) in [5, 5.41) is 0. The van der Waals surface area contributed by atoms with Crippen molar-refractivity contribution in [1.82, 2.24) is 0 Å². The third kappa shape index (κ3) is 3260. The van der Waals surface area contributed by atoms with E-state index in [-0.39, 0.29) is 541 Å². The van der Waals surface area contributed by atoms with E-state index in [1.54, 1.807) is 0 Å². The van der Waals surface area contributed by atoms with Gasteiger partial charge in [0.1, 0.15) is 0 Å². The molecular formula is H4Cr18K4O56Sr4Zn4. The van der Waals surface area contributed by atoms with Crippen LogP contribution in [-0.2, 0) is 444 Å². The summed E-state index contributed by atoms with van der Waals surface area (Å²) in [5.41, 5.74) is 0. The van der Waals surface area contributed by atoms with Crippen molar-refractivity contribution >= 4 is 182 Å². The normalized spacial score (nSPS) is 9.44. The van der Waals surface area contributed by atoms with Crippen molar-refractivity contribution in [2.24, 2.45) is 0 Å². The second-order valence-electron chi connectivity index (χ2n) is 5.72. The van der Waals surface area contributed by atoms with Crippen LogP contribution in [0.5, 0.6) is 0 Å². The molecule has 0 aromatic rings. The van der Waals surface area contributed by atoms with Crippen molar-refractivity contribution in [3.8, 4) is 0 Å². The van der Waals surface area contributed by atoms with E-state index in [0.717, 1.165) is 0 Å². The maximum absolute atomic E-state index is 8.59. The predicted octanol–water partition coefficient (Wildman–Crippen LogP) is -49.7. The Kier molecular flexibility index (Phi) is 241. The van der Waals surface area contributed by atoms with E-state index in [4.69, 9.17) is 223 Å². The molecule has 0 aliphatic heterocycles. The molecule has 0 unspecified atom stereocenters. The molecule has 0 aromatic carbocycles. The van der Waals surface area contributed by atoms with E-state index in [1.165, 1.54) is 0 Å². The van der Waals surface area contributed by atoms with Gasteiger partial charge in [0.15, 0.2) is 0 Å². The third-order valence-electron chi connectivity index (χ3n) is 0. The van der Waals surface area contributed by atoms with Crippen LogP contribution in [0.25, 0.3) is 0 Å². The second-order valence-corrected chi connectivity index (χ2v) is 23.6. The summed E-state index contributed by atoms with van der Waals surface area (Å²) in [6, 6.07) is 0. The molecule has 0 fully saturated rings. The van der Waals surface area contributed by atoms with E-state index < -0.39 is 191 Å². The molecule has 0 rings (SSSR count). The maximum atomic E-state index is 8.59. The minimum Gasteiger partial charge on any atom is 2.00 e. The molecule has 0 spiro atoms. The first-order chi connectivity index (χ1) is 28.0. The predicted molar refractivity (Wildman–Crippen MR) is 46.7 cm³/mol. The van der Waals surface area contributed by atoms with Crippen molar-refractivity contribution in [2.45, 2.75) is 0 Å². The molecule has 0 aliphatic rings. The molecule has 0 saturated heterocycles. The van der Waals surface area contributed by atoms with Gasteiger partial charge in [-0.1, -0.05) is 0 Å². The number of hydrogen-bond donors (Lipinski definition) is 0. The fourth-order valence-electron chi connectivity index (χ4n) is 0. The largest absolute Gasteiger partial charge is 2.00 e. The van der Waals surface area contributed by atoms with Crippen LogP contribution in [0.3, 0.4) is 0 Å². The fourth-order valence-corrected chi connectivity index (χ4v) is 0. The van der Waals surface area contributed by atoms with E-state index in [9.17, 15) is 0 Å². The monoisotopic (exact) mass is 2600 g/mol. The zero-order chi connectivity index (χ0) is 63.0. The molecule has 86 heteroatoms. The first-order valence-corrected chi connectivity index (χ1v) is 38.5. The topological polar surface area (TPSA) is 1120 Å². The Morgan fingerprint density at radius 3 is 0.128 bits per heavy atom. The Bertz CT molecular complexity index is 2120. The van der Waals surface area contributed by atoms with Crippen molar-refractivity contribution in [3.05, 3.63) is 0 Å². The van der Waals surface area contributed by atoms with Crippen LogP contribution in [0.2, 0.25) is 0 Å². The van der Waals surface area contributed by atoms with Gasteiger partial charge in [-0.25, -0.2) is 0 Å². The number of rotatable bonds is 0. The van der Waals surface area contributed by atoms with Gasteiger partial charge in [-0.2, -0.15) is 0 Å². The van der Waals surface area contributed by atoms with Crippen molar-refractivity contribution in [2.75, 3.05) is 0 Å². The number of hydrogen-bond acceptors (Lipinski definition) is 56. The smallest absolute Gasteiger partial charge is 2.00 e. The van der Waals surface area contributed by atoms with Gasteiger partial charge < -0.3 is 5.71 Å². The minimum atomic E-state index is -5.75. The molecule has 0 atom stereocenters. The summed E-state index contributed by atoms with van der Waals surface area (Å²) in [4.78, 5) is 0. The summed E-state index contributed by atoms with van der Waals surface area (Å²) < 4.78 is 481. The maximum Gasteiger partial charge on any atom is 2.00 e. The van der Waals surface area contributed by atoms with Gasteiger partial charge in [0, 0.05) is 0 Å². The average molecular weight is 2600 g/mol. The van der Waals surface area contributed by atoms with E-state index in [0.29, 0.717) is 0 Å². The molecule has 0 N–H and O–H groups in total. The van der Waals surface area contributed by atoms with Gasteiger partial charge in [-0.05, 0) is 0 Å². The summed E-state index contributed by atoms with van der Waals surface area (Å²) in [5.74, 6) is 0. The van der Waals surface area contributed by atoms with Gasteiger partial charge in [0.05, 0.1) is 0 Å². The first kappa shape index (κ1) is 201. The molecule has 0 bridgehead atoms. The van der Waals surface area contributed by atoms with Crippen LogP contribution in [0, 0.1) is 0 Å². The van der Waals surface area contributed by atoms with Crippen LogP contribution in [-0.4, -0.2) is 182 Å². The molecule has 0 amide bonds. The molecule has 0 heterocycles. The Hall–Kier alpha value is 17.8. The van der Waals surface area contributed by atoms with E-state index in [1.807, 2.05) is 0 Å². The summed E-state index contributed by atoms with van der Waals surface area (Å²) in [6.45, 7) is 0. The molecule has 4 radical (unpaired) electrons. The summed E-state index contributed by atoms with van der Waals surface area (Å²) in [6.07, 6.45) is 0. The Labute approximate surface area is 927 Å². The standard InChI is InChI=1S/18Cr.4K.56O.4Sr.4Zn.4H/q;;;;;;;;;;;;;;4*+3;4*+1;;;;;;;;;;;;;;;;;;;;;;;;;;;;;28*-1;8*+2;4*-1. The minimum absolute atomic E-state index is 0. The van der Waals surface area contributed by atoms with Crippen LogP contribution in [0.4, 0.5) is 0 Å². The Balaban J connectivity index is -0.0000000115. The second kappa shape index (κ2) is 103. The third-order valence-corrected chi connectivity index (χ3v) is 0. The van der Waals surface area contributed by atoms with Crippen LogP contribution in [0.1, 0.15) is 5.71 Å². The van der Waals surface area contributed by atoms with E-state index in [2.05, 4.69) is 0 Å². The van der Waals surface area contributed by atoms with Gasteiger partial charge in [0.2, 0.25) is 0 Å². The summed E-state index contributed by atoms with van der Waals surface area (Å²) in [7, 11) is 0. The molecular weight excluding hydrogens is 2600 g/mol. The Morgan fingerprint density at radius 1 is 0.128 bits per heavy atom. The van der Waals surface area contributed by atoms with Gasteiger partial charge in [0.25, 0.3) is 0 Å². The average Bonchev–Trinajstić information content (AvgIpc) is 2.60. The van der Waals surface area contributed by atoms with Crippen LogP contribution < -0.4 is 322 Å². The fraction of sp³-hybridized carbons (Fsp3) is 0. The summed E-state index contributed by atoms with van der Waals surface area (Å²) >= 11 is -80.5. The zero-order valence-corrected chi connectivity index (χ0v) is 101. The zero-order valence-electron chi connectivity index (χ0n) is 43.9. The molecule has 468 valence electrons. The van der Waals surface area contributed by atoms with E-state index >= 15 is 0 Å². The van der Waals surface area contributed by atoms with Gasteiger partial charge >= 0.3 is 948 Å². The van der Waals surface area contributed by atoms with Gasteiger partial charge in [-0.15, -0.1) is 0 Å². The quantitative estimate of drug-likeness (QED) is 0.203. The van der Waals surface area contributed by atoms with Crippen molar-refractivity contribution in [3.63, 3.8) is 0 Å². The molecule has 56 nitrogen and oxygen atoms in total. The first-order valence-electron chi connectivity index (χ1n) is 9.33. The van der Waals surface area contributed by atoms with Crippen LogP contribution >= 0.6 is 0 Å². The van der Waals surface area contributed by atoms with Gasteiger partial charge in [-0.3, -0.25) is 0 Å². The molecule has 0 aromatic heterocycles. The van der Waals surface area contributed by atoms with Crippen LogP contribution in [0.15, 0.2) is 0 Å². The SMILES string of the molecule is [Cr+3].[Cr+3].[Cr+3].[Cr+3].[H-].[H-].[H-].[H-].[K+].[K+].[K+].[K+].[O]=[Cr](=[O])([O-])[O-].[O]=[Cr](=[O])([O-])[O-].[O]=[Cr](=[O])([O-])[O-].[O]=[Cr](=[O])([O-])[O-].[O]=[Cr](=[O])([O-])[O-].[O]=[Cr](=[O])([O-])[O-].[O]=[Cr](=[O])([O-])[O-].[O]=[Cr](=[O])([O-])[O-].[O]=[Cr](=[O])([O-])[O-].[O]=[Cr](=[O])([O-])[O-].[O]=[Cr](=[O])([O-])[O-].[O]=[Cr](=[O])([O-])[O-].[O]=[Cr](=[O])([O-])[O-].[O]=[Cr](=[O])([O-])[O-].[Sr+2].[Sr+2].[Sr+2].[Sr+2].[Zn+2].[Zn+2].[Zn+2].[Zn+2]. The van der Waals surface area contributed by atoms with Crippen molar-refractivity contribution < 1.29 is 772 Å².